The molecule has 0 radical (unpaired) electrons. The molecular weight excluding hydrogens is 248 g/mol. The highest BCUT2D eigenvalue weighted by Crippen LogP contribution is 2.33. The Balaban J connectivity index is 2.18. The smallest absolute Gasteiger partial charge is 0.329 e. The third kappa shape index (κ3) is 2.18. The molecule has 3 atom stereocenters. The van der Waals surface area contributed by atoms with E-state index in [9.17, 15) is 19.8 Å². The summed E-state index contributed by atoms with van der Waals surface area (Å²) in [5.41, 5.74) is -1.11. The number of nitrogens with zero attached hydrogens (tertiary/aromatic N) is 2. The van der Waals surface area contributed by atoms with Crippen molar-refractivity contribution in [3.63, 3.8) is 0 Å². The van der Waals surface area contributed by atoms with Crippen molar-refractivity contribution in [2.24, 2.45) is 5.92 Å². The van der Waals surface area contributed by atoms with Crippen molar-refractivity contribution in [3.8, 4) is 0 Å². The topological polar surface area (TPSA) is 81.1 Å². The van der Waals surface area contributed by atoms with E-state index in [4.69, 9.17) is 0 Å². The zero-order chi connectivity index (χ0) is 14.2. The molecule has 6 nitrogen and oxygen atoms in total. The summed E-state index contributed by atoms with van der Waals surface area (Å²) in [6.45, 7) is 4.62. The summed E-state index contributed by atoms with van der Waals surface area (Å²) in [5, 5.41) is 18.8. The van der Waals surface area contributed by atoms with E-state index in [1.54, 1.807) is 11.8 Å². The fourth-order valence-electron chi connectivity index (χ4n) is 3.17. The predicted molar refractivity (Wildman–Crippen MR) is 68.7 cm³/mol. The molecular formula is C13H22N2O4. The first-order chi connectivity index (χ1) is 8.91. The van der Waals surface area contributed by atoms with E-state index in [1.807, 2.05) is 6.92 Å². The van der Waals surface area contributed by atoms with E-state index in [1.165, 1.54) is 4.90 Å². The second-order valence-electron chi connectivity index (χ2n) is 5.83. The molecule has 19 heavy (non-hydrogen) atoms. The molecule has 2 saturated heterocycles. The standard InChI is InChI=1S/C13H22N2O4/c1-9-4-7-14(10(9)8-16)12(19)15-6-3-5-13(15,2)11(17)18/h9-10,16H,3-8H2,1-2H3,(H,17,18). The van der Waals surface area contributed by atoms with Crippen LogP contribution in [0.4, 0.5) is 4.79 Å². The summed E-state index contributed by atoms with van der Waals surface area (Å²) in [6.07, 6.45) is 2.05. The molecule has 2 fully saturated rings. The zero-order valence-electron chi connectivity index (χ0n) is 11.5. The predicted octanol–water partition coefficient (Wildman–Crippen LogP) is 0.748. The summed E-state index contributed by atoms with van der Waals surface area (Å²) < 4.78 is 0. The zero-order valence-corrected chi connectivity index (χ0v) is 11.5. The molecule has 6 heteroatoms. The van der Waals surface area contributed by atoms with E-state index < -0.39 is 11.5 Å². The number of rotatable bonds is 2. The van der Waals surface area contributed by atoms with Crippen molar-refractivity contribution in [1.29, 1.82) is 0 Å². The Kier molecular flexibility index (Phi) is 3.71. The van der Waals surface area contributed by atoms with Crippen LogP contribution in [-0.4, -0.2) is 63.3 Å². The average Bonchev–Trinajstić information content (AvgIpc) is 2.92. The maximum absolute atomic E-state index is 12.6. The number of aliphatic carboxylic acids is 1. The quantitative estimate of drug-likeness (QED) is 0.776. The van der Waals surface area contributed by atoms with Crippen LogP contribution in [0.1, 0.15) is 33.1 Å². The molecule has 0 aromatic carbocycles. The van der Waals surface area contributed by atoms with Crippen LogP contribution in [0.5, 0.6) is 0 Å². The van der Waals surface area contributed by atoms with Gasteiger partial charge in [0, 0.05) is 13.1 Å². The Morgan fingerprint density at radius 2 is 2.05 bits per heavy atom. The van der Waals surface area contributed by atoms with Gasteiger partial charge in [0.25, 0.3) is 0 Å². The highest BCUT2D eigenvalue weighted by molar-refractivity contribution is 5.87. The van der Waals surface area contributed by atoms with Gasteiger partial charge in [-0.15, -0.1) is 0 Å². The minimum absolute atomic E-state index is 0.0649. The number of likely N-dealkylation sites (tertiary alicyclic amines) is 2. The van der Waals surface area contributed by atoms with Crippen molar-refractivity contribution >= 4 is 12.0 Å². The maximum Gasteiger partial charge on any atom is 0.329 e. The number of hydrogen-bond donors (Lipinski definition) is 2. The lowest BCUT2D eigenvalue weighted by Gasteiger charge is -2.36. The lowest BCUT2D eigenvalue weighted by molar-refractivity contribution is -0.147. The van der Waals surface area contributed by atoms with Crippen molar-refractivity contribution < 1.29 is 19.8 Å². The van der Waals surface area contributed by atoms with Crippen molar-refractivity contribution in [1.82, 2.24) is 9.80 Å². The van der Waals surface area contributed by atoms with Crippen LogP contribution >= 0.6 is 0 Å². The number of carbonyl (C=O) groups is 2. The van der Waals surface area contributed by atoms with Crippen LogP contribution in [0.2, 0.25) is 0 Å². The number of carbonyl (C=O) groups excluding carboxylic acids is 1. The normalized spacial score (nSPS) is 34.9. The number of urea groups is 1. The van der Waals surface area contributed by atoms with Gasteiger partial charge in [0.15, 0.2) is 0 Å². The Morgan fingerprint density at radius 1 is 1.37 bits per heavy atom. The van der Waals surface area contributed by atoms with Crippen LogP contribution in [0.15, 0.2) is 0 Å². The van der Waals surface area contributed by atoms with Gasteiger partial charge in [-0.3, -0.25) is 0 Å². The second kappa shape index (κ2) is 5.00. The van der Waals surface area contributed by atoms with Gasteiger partial charge in [-0.1, -0.05) is 6.92 Å². The number of hydrogen-bond acceptors (Lipinski definition) is 3. The van der Waals surface area contributed by atoms with Gasteiger partial charge >= 0.3 is 12.0 Å². The molecule has 0 bridgehead atoms. The minimum Gasteiger partial charge on any atom is -0.480 e. The third-order valence-electron chi connectivity index (χ3n) is 4.65. The SMILES string of the molecule is CC1CCN(C(=O)N2CCCC2(C)C(=O)O)C1CO. The van der Waals surface area contributed by atoms with Crippen molar-refractivity contribution in [2.45, 2.75) is 44.7 Å². The molecule has 108 valence electrons. The van der Waals surface area contributed by atoms with Crippen molar-refractivity contribution in [2.75, 3.05) is 19.7 Å². The van der Waals surface area contributed by atoms with Gasteiger partial charge < -0.3 is 20.0 Å². The molecule has 3 unspecified atom stereocenters. The van der Waals surface area contributed by atoms with E-state index in [-0.39, 0.29) is 24.6 Å². The molecule has 2 aliphatic heterocycles. The molecule has 0 aliphatic carbocycles. The van der Waals surface area contributed by atoms with E-state index in [0.29, 0.717) is 25.9 Å². The van der Waals surface area contributed by atoms with Crippen LogP contribution < -0.4 is 0 Å². The third-order valence-corrected chi connectivity index (χ3v) is 4.65. The second-order valence-corrected chi connectivity index (χ2v) is 5.83. The molecule has 2 amide bonds. The van der Waals surface area contributed by atoms with Crippen LogP contribution in [0.25, 0.3) is 0 Å². The summed E-state index contributed by atoms with van der Waals surface area (Å²) in [5.74, 6) is -0.696. The highest BCUT2D eigenvalue weighted by atomic mass is 16.4. The van der Waals surface area contributed by atoms with Gasteiger partial charge in [0.1, 0.15) is 5.54 Å². The van der Waals surface area contributed by atoms with Gasteiger partial charge in [-0.2, -0.15) is 0 Å². The minimum atomic E-state index is -1.11. The number of aliphatic hydroxyl groups excluding tert-OH is 1. The fourth-order valence-corrected chi connectivity index (χ4v) is 3.17. The molecule has 0 saturated carbocycles. The summed E-state index contributed by atoms with van der Waals surface area (Å²) in [4.78, 5) is 27.1. The first kappa shape index (κ1) is 14.1. The van der Waals surface area contributed by atoms with Gasteiger partial charge in [0.05, 0.1) is 12.6 Å². The molecule has 0 aromatic rings. The molecule has 2 N–H and O–H groups in total. The van der Waals surface area contributed by atoms with Crippen LogP contribution in [0.3, 0.4) is 0 Å². The number of carboxylic acid groups (broad SMARTS) is 1. The number of carboxylic acids is 1. The van der Waals surface area contributed by atoms with Crippen LogP contribution in [0, 0.1) is 5.92 Å². The molecule has 0 aromatic heterocycles. The summed E-state index contributed by atoms with van der Waals surface area (Å²) in [6, 6.07) is -0.433. The molecule has 2 heterocycles. The lowest BCUT2D eigenvalue weighted by atomic mass is 9.99. The van der Waals surface area contributed by atoms with Crippen LogP contribution in [-0.2, 0) is 4.79 Å². The molecule has 2 rings (SSSR count). The highest BCUT2D eigenvalue weighted by Gasteiger charge is 2.49. The van der Waals surface area contributed by atoms with Gasteiger partial charge in [-0.25, -0.2) is 9.59 Å². The Bertz CT molecular complexity index is 387. The monoisotopic (exact) mass is 270 g/mol. The first-order valence-corrected chi connectivity index (χ1v) is 6.84. The van der Waals surface area contributed by atoms with E-state index in [0.717, 1.165) is 6.42 Å². The number of amides is 2. The first-order valence-electron chi connectivity index (χ1n) is 6.84. The Hall–Kier alpha value is -1.30. The van der Waals surface area contributed by atoms with E-state index >= 15 is 0 Å². The largest absolute Gasteiger partial charge is 0.480 e. The Morgan fingerprint density at radius 3 is 2.63 bits per heavy atom. The average molecular weight is 270 g/mol. The summed E-state index contributed by atoms with van der Waals surface area (Å²) in [7, 11) is 0. The van der Waals surface area contributed by atoms with Crippen molar-refractivity contribution in [3.05, 3.63) is 0 Å². The molecule has 2 aliphatic rings. The maximum atomic E-state index is 12.6. The summed E-state index contributed by atoms with van der Waals surface area (Å²) >= 11 is 0. The molecule has 0 spiro atoms. The van der Waals surface area contributed by atoms with Gasteiger partial charge in [0.2, 0.25) is 0 Å². The fraction of sp³-hybridized carbons (Fsp3) is 0.846. The Labute approximate surface area is 113 Å². The lowest BCUT2D eigenvalue weighted by Crippen LogP contribution is -2.56. The van der Waals surface area contributed by atoms with Gasteiger partial charge in [-0.05, 0) is 32.1 Å². The van der Waals surface area contributed by atoms with E-state index in [2.05, 4.69) is 0 Å². The number of aliphatic hydroxyl groups is 1.